The molecule has 9 heteroatoms. The summed E-state index contributed by atoms with van der Waals surface area (Å²) < 4.78 is 5.43. The Morgan fingerprint density at radius 2 is 1.87 bits per heavy atom. The molecule has 2 aromatic rings. The number of hydrogen-bond acceptors (Lipinski definition) is 6. The van der Waals surface area contributed by atoms with E-state index in [1.165, 1.54) is 24.3 Å². The van der Waals surface area contributed by atoms with Gasteiger partial charge in [0.2, 0.25) is 0 Å². The van der Waals surface area contributed by atoms with E-state index in [0.29, 0.717) is 16.1 Å². The van der Waals surface area contributed by atoms with Crippen molar-refractivity contribution in [1.82, 2.24) is 10.6 Å². The second-order valence-corrected chi connectivity index (χ2v) is 7.37. The average Bonchev–Trinajstić information content (AvgIpc) is 3.05. The highest BCUT2D eigenvalue weighted by Crippen LogP contribution is 2.24. The van der Waals surface area contributed by atoms with E-state index in [0.717, 1.165) is 0 Å². The molecule has 0 bridgehead atoms. The van der Waals surface area contributed by atoms with Crippen LogP contribution >= 0.6 is 11.6 Å². The van der Waals surface area contributed by atoms with Gasteiger partial charge < -0.3 is 25.6 Å². The van der Waals surface area contributed by atoms with Gasteiger partial charge in [-0.1, -0.05) is 23.7 Å². The normalized spacial score (nSPS) is 22.9. The van der Waals surface area contributed by atoms with Crippen molar-refractivity contribution in [1.29, 1.82) is 5.26 Å². The van der Waals surface area contributed by atoms with E-state index in [-0.39, 0.29) is 25.3 Å². The first-order valence-corrected chi connectivity index (χ1v) is 9.55. The summed E-state index contributed by atoms with van der Waals surface area (Å²) >= 11 is 5.99. The SMILES string of the molecule is N#Cc1ccc(C(=O)NC[C@]2(O)CO[C@H](CNC(=O)c3ccccc3Cl)[C@H]2O)cc1. The van der Waals surface area contributed by atoms with Crippen LogP contribution in [0.2, 0.25) is 5.02 Å². The standard InChI is InChI=1S/C21H20ClN3O5/c22-16-4-2-1-3-15(16)20(28)24-10-17-18(26)21(29,12-30-17)11-25-19(27)14-7-5-13(9-23)6-8-14/h1-8,17-18,26,29H,10-12H2,(H,24,28)(H,25,27)/t17-,18-,21+/m1/s1. The zero-order valence-electron chi connectivity index (χ0n) is 15.8. The molecule has 3 rings (SSSR count). The Bertz CT molecular complexity index is 975. The third-order valence-corrected chi connectivity index (χ3v) is 5.19. The van der Waals surface area contributed by atoms with Crippen LogP contribution in [0.3, 0.4) is 0 Å². The lowest BCUT2D eigenvalue weighted by molar-refractivity contribution is -0.0464. The highest BCUT2D eigenvalue weighted by atomic mass is 35.5. The van der Waals surface area contributed by atoms with Gasteiger partial charge in [-0.2, -0.15) is 5.26 Å². The number of nitriles is 1. The molecule has 0 unspecified atom stereocenters. The first-order valence-electron chi connectivity index (χ1n) is 9.17. The molecule has 2 aromatic carbocycles. The fourth-order valence-corrected chi connectivity index (χ4v) is 3.29. The van der Waals surface area contributed by atoms with Crippen LogP contribution in [0.5, 0.6) is 0 Å². The van der Waals surface area contributed by atoms with Gasteiger partial charge in [-0.25, -0.2) is 0 Å². The largest absolute Gasteiger partial charge is 0.387 e. The highest BCUT2D eigenvalue weighted by Gasteiger charge is 2.48. The summed E-state index contributed by atoms with van der Waals surface area (Å²) in [6.07, 6.45) is -2.18. The van der Waals surface area contributed by atoms with Crippen molar-refractivity contribution in [3.05, 3.63) is 70.2 Å². The lowest BCUT2D eigenvalue weighted by Gasteiger charge is -2.26. The summed E-state index contributed by atoms with van der Waals surface area (Å²) in [7, 11) is 0. The van der Waals surface area contributed by atoms with Gasteiger partial charge in [-0.05, 0) is 36.4 Å². The van der Waals surface area contributed by atoms with Crippen molar-refractivity contribution < 1.29 is 24.5 Å². The Labute approximate surface area is 178 Å². The van der Waals surface area contributed by atoms with E-state index in [9.17, 15) is 19.8 Å². The second kappa shape index (κ2) is 9.24. The van der Waals surface area contributed by atoms with E-state index in [4.69, 9.17) is 21.6 Å². The smallest absolute Gasteiger partial charge is 0.252 e. The van der Waals surface area contributed by atoms with Crippen molar-refractivity contribution in [3.8, 4) is 6.07 Å². The number of ether oxygens (including phenoxy) is 1. The van der Waals surface area contributed by atoms with Crippen molar-refractivity contribution >= 4 is 23.4 Å². The predicted molar refractivity (Wildman–Crippen MR) is 108 cm³/mol. The number of nitrogens with one attached hydrogen (secondary N) is 2. The molecule has 0 spiro atoms. The minimum Gasteiger partial charge on any atom is -0.387 e. The minimum absolute atomic E-state index is 0.0445. The second-order valence-electron chi connectivity index (χ2n) is 6.96. The van der Waals surface area contributed by atoms with Gasteiger partial charge in [-0.15, -0.1) is 0 Å². The van der Waals surface area contributed by atoms with Crippen molar-refractivity contribution in [3.63, 3.8) is 0 Å². The van der Waals surface area contributed by atoms with Gasteiger partial charge in [0, 0.05) is 12.1 Å². The number of carbonyl (C=O) groups excluding carboxylic acids is 2. The number of aliphatic hydroxyl groups excluding tert-OH is 1. The summed E-state index contributed by atoms with van der Waals surface area (Å²) in [5, 5.41) is 35.4. The number of benzene rings is 2. The summed E-state index contributed by atoms with van der Waals surface area (Å²) in [6, 6.07) is 14.5. The molecule has 4 N–H and O–H groups in total. The topological polar surface area (TPSA) is 132 Å². The third-order valence-electron chi connectivity index (χ3n) is 4.86. The van der Waals surface area contributed by atoms with Crippen LogP contribution in [0.1, 0.15) is 26.3 Å². The number of rotatable bonds is 6. The zero-order valence-corrected chi connectivity index (χ0v) is 16.6. The maximum Gasteiger partial charge on any atom is 0.252 e. The van der Waals surface area contributed by atoms with Crippen LogP contribution in [0.25, 0.3) is 0 Å². The molecule has 1 saturated heterocycles. The fourth-order valence-electron chi connectivity index (χ4n) is 3.07. The fraction of sp³-hybridized carbons (Fsp3) is 0.286. The minimum atomic E-state index is -1.71. The lowest BCUT2D eigenvalue weighted by Crippen LogP contribution is -2.53. The Hall–Kier alpha value is -2.96. The quantitative estimate of drug-likeness (QED) is 0.538. The molecule has 0 aliphatic carbocycles. The van der Waals surface area contributed by atoms with Crippen molar-refractivity contribution in [2.45, 2.75) is 17.8 Å². The molecule has 0 radical (unpaired) electrons. The van der Waals surface area contributed by atoms with Gasteiger partial charge in [-0.3, -0.25) is 9.59 Å². The Kier molecular flexibility index (Phi) is 6.70. The molecule has 1 aliphatic heterocycles. The number of nitrogens with zero attached hydrogens (tertiary/aromatic N) is 1. The van der Waals surface area contributed by atoms with Crippen molar-refractivity contribution in [2.24, 2.45) is 0 Å². The molecule has 1 aliphatic rings. The predicted octanol–water partition coefficient (Wildman–Crippen LogP) is 0.862. The number of carbonyl (C=O) groups is 2. The van der Waals surface area contributed by atoms with E-state index in [1.807, 2.05) is 6.07 Å². The molecule has 8 nitrogen and oxygen atoms in total. The number of aliphatic hydroxyl groups is 2. The van der Waals surface area contributed by atoms with Crippen LogP contribution in [0.4, 0.5) is 0 Å². The molecule has 3 atom stereocenters. The third kappa shape index (κ3) is 4.78. The van der Waals surface area contributed by atoms with E-state index < -0.39 is 29.6 Å². The number of halogens is 1. The molecule has 0 saturated carbocycles. The Morgan fingerprint density at radius 1 is 1.17 bits per heavy atom. The Morgan fingerprint density at radius 3 is 2.53 bits per heavy atom. The van der Waals surface area contributed by atoms with Crippen LogP contribution < -0.4 is 10.6 Å². The Balaban J connectivity index is 1.53. The first kappa shape index (κ1) is 21.7. The number of hydrogen-bond donors (Lipinski definition) is 4. The van der Waals surface area contributed by atoms with Gasteiger partial charge >= 0.3 is 0 Å². The van der Waals surface area contributed by atoms with Gasteiger partial charge in [0.1, 0.15) is 17.8 Å². The van der Waals surface area contributed by atoms with Crippen LogP contribution in [0, 0.1) is 11.3 Å². The molecule has 1 fully saturated rings. The molecule has 1 heterocycles. The summed E-state index contributed by atoms with van der Waals surface area (Å²) in [5.41, 5.74) is -0.681. The maximum atomic E-state index is 12.2. The van der Waals surface area contributed by atoms with Gasteiger partial charge in [0.05, 0.1) is 35.4 Å². The van der Waals surface area contributed by atoms with Gasteiger partial charge in [0.25, 0.3) is 11.8 Å². The molecule has 2 amide bonds. The van der Waals surface area contributed by atoms with Crippen LogP contribution in [-0.4, -0.2) is 59.5 Å². The van der Waals surface area contributed by atoms with Crippen molar-refractivity contribution in [2.75, 3.05) is 19.7 Å². The lowest BCUT2D eigenvalue weighted by atomic mass is 9.96. The first-order chi connectivity index (χ1) is 14.3. The zero-order chi connectivity index (χ0) is 21.7. The van der Waals surface area contributed by atoms with E-state index >= 15 is 0 Å². The van der Waals surface area contributed by atoms with E-state index in [1.54, 1.807) is 24.3 Å². The summed E-state index contributed by atoms with van der Waals surface area (Å²) in [6.45, 7) is -0.506. The summed E-state index contributed by atoms with van der Waals surface area (Å²) in [4.78, 5) is 24.5. The molecule has 30 heavy (non-hydrogen) atoms. The molecular formula is C21H20ClN3O5. The molecule has 0 aromatic heterocycles. The average molecular weight is 430 g/mol. The highest BCUT2D eigenvalue weighted by molar-refractivity contribution is 6.33. The summed E-state index contributed by atoms with van der Waals surface area (Å²) in [5.74, 6) is -0.892. The van der Waals surface area contributed by atoms with Crippen LogP contribution in [-0.2, 0) is 4.74 Å². The van der Waals surface area contributed by atoms with Crippen LogP contribution in [0.15, 0.2) is 48.5 Å². The number of amides is 2. The molecular weight excluding hydrogens is 410 g/mol. The monoisotopic (exact) mass is 429 g/mol. The molecule has 156 valence electrons. The maximum absolute atomic E-state index is 12.2. The van der Waals surface area contributed by atoms with Gasteiger partial charge in [0.15, 0.2) is 0 Å². The van der Waals surface area contributed by atoms with E-state index in [2.05, 4.69) is 10.6 Å².